The Bertz CT molecular complexity index is 491. The molecule has 0 atom stereocenters. The third-order valence-electron chi connectivity index (χ3n) is 2.08. The van der Waals surface area contributed by atoms with Gasteiger partial charge in [0.15, 0.2) is 0 Å². The molecule has 1 aromatic heterocycles. The molecule has 2 aromatic rings. The number of hydrogen-bond acceptors (Lipinski definition) is 2. The zero-order valence-electron chi connectivity index (χ0n) is 7.81. The summed E-state index contributed by atoms with van der Waals surface area (Å²) in [4.78, 5) is 0. The van der Waals surface area contributed by atoms with E-state index in [0.29, 0.717) is 5.56 Å². The van der Waals surface area contributed by atoms with Crippen LogP contribution in [0, 0.1) is 18.3 Å². The van der Waals surface area contributed by atoms with Gasteiger partial charge in [0.05, 0.1) is 11.3 Å². The number of para-hydroxylation sites is 1. The van der Waals surface area contributed by atoms with Gasteiger partial charge in [-0.3, -0.25) is 0 Å². The maximum atomic E-state index is 8.92. The largest absolute Gasteiger partial charge is 0.237 e. The standard InChI is InChI=1S/C11H9N3/c1-9-6-7-13-14(9)11-5-3-2-4-10(11)8-12/h2-7H,1H3. The van der Waals surface area contributed by atoms with Crippen molar-refractivity contribution in [3.8, 4) is 11.8 Å². The third kappa shape index (κ3) is 1.27. The fraction of sp³-hybridized carbons (Fsp3) is 0.0909. The molecular formula is C11H9N3. The predicted octanol–water partition coefficient (Wildman–Crippen LogP) is 2.05. The van der Waals surface area contributed by atoms with Gasteiger partial charge in [-0.1, -0.05) is 12.1 Å². The molecule has 0 spiro atoms. The summed E-state index contributed by atoms with van der Waals surface area (Å²) in [5.41, 5.74) is 2.49. The zero-order valence-corrected chi connectivity index (χ0v) is 7.81. The fourth-order valence-corrected chi connectivity index (χ4v) is 1.37. The average Bonchev–Trinajstić information content (AvgIpc) is 2.64. The maximum Gasteiger partial charge on any atom is 0.101 e. The summed E-state index contributed by atoms with van der Waals surface area (Å²) >= 11 is 0. The average molecular weight is 183 g/mol. The first kappa shape index (κ1) is 8.52. The van der Waals surface area contributed by atoms with Crippen LogP contribution in [-0.4, -0.2) is 9.78 Å². The van der Waals surface area contributed by atoms with E-state index in [9.17, 15) is 0 Å². The van der Waals surface area contributed by atoms with Gasteiger partial charge in [-0.2, -0.15) is 10.4 Å². The lowest BCUT2D eigenvalue weighted by Gasteiger charge is -2.05. The first-order valence-electron chi connectivity index (χ1n) is 4.33. The van der Waals surface area contributed by atoms with Gasteiger partial charge >= 0.3 is 0 Å². The molecular weight excluding hydrogens is 174 g/mol. The lowest BCUT2D eigenvalue weighted by molar-refractivity contribution is 0.844. The number of rotatable bonds is 1. The van der Waals surface area contributed by atoms with E-state index in [0.717, 1.165) is 11.4 Å². The van der Waals surface area contributed by atoms with Crippen molar-refractivity contribution in [3.05, 3.63) is 47.8 Å². The van der Waals surface area contributed by atoms with Crippen LogP contribution in [-0.2, 0) is 0 Å². The summed E-state index contributed by atoms with van der Waals surface area (Å²) in [5.74, 6) is 0. The van der Waals surface area contributed by atoms with Gasteiger partial charge in [0.2, 0.25) is 0 Å². The lowest BCUT2D eigenvalue weighted by Crippen LogP contribution is -2.00. The van der Waals surface area contributed by atoms with Crippen LogP contribution in [0.1, 0.15) is 11.3 Å². The molecule has 14 heavy (non-hydrogen) atoms. The Labute approximate surface area is 82.2 Å². The molecule has 0 saturated carbocycles. The molecule has 68 valence electrons. The molecule has 0 N–H and O–H groups in total. The van der Waals surface area contributed by atoms with Gasteiger partial charge < -0.3 is 0 Å². The highest BCUT2D eigenvalue weighted by atomic mass is 15.3. The predicted molar refractivity (Wildman–Crippen MR) is 53.0 cm³/mol. The van der Waals surface area contributed by atoms with Crippen LogP contribution in [0.25, 0.3) is 5.69 Å². The van der Waals surface area contributed by atoms with E-state index in [1.54, 1.807) is 16.9 Å². The maximum absolute atomic E-state index is 8.92. The highest BCUT2D eigenvalue weighted by molar-refractivity contribution is 5.48. The van der Waals surface area contributed by atoms with Crippen LogP contribution in [0.15, 0.2) is 36.5 Å². The molecule has 0 aliphatic heterocycles. The highest BCUT2D eigenvalue weighted by Gasteiger charge is 2.04. The van der Waals surface area contributed by atoms with E-state index in [-0.39, 0.29) is 0 Å². The van der Waals surface area contributed by atoms with Gasteiger partial charge in [0.1, 0.15) is 6.07 Å². The second kappa shape index (κ2) is 3.35. The number of aromatic nitrogens is 2. The van der Waals surface area contributed by atoms with Gasteiger partial charge in [0, 0.05) is 11.9 Å². The van der Waals surface area contributed by atoms with Crippen molar-refractivity contribution in [2.24, 2.45) is 0 Å². The first-order chi connectivity index (χ1) is 6.83. The fourth-order valence-electron chi connectivity index (χ4n) is 1.37. The number of aryl methyl sites for hydroxylation is 1. The minimum atomic E-state index is 0.638. The summed E-state index contributed by atoms with van der Waals surface area (Å²) in [7, 11) is 0. The van der Waals surface area contributed by atoms with Crippen LogP contribution in [0.5, 0.6) is 0 Å². The second-order valence-corrected chi connectivity index (χ2v) is 3.01. The molecule has 0 aliphatic carbocycles. The molecule has 1 aromatic carbocycles. The molecule has 0 radical (unpaired) electrons. The van der Waals surface area contributed by atoms with Gasteiger partial charge in [-0.15, -0.1) is 0 Å². The number of nitriles is 1. The van der Waals surface area contributed by atoms with Crippen LogP contribution in [0.3, 0.4) is 0 Å². The van der Waals surface area contributed by atoms with Gasteiger partial charge in [-0.25, -0.2) is 4.68 Å². The van der Waals surface area contributed by atoms with E-state index in [1.807, 2.05) is 31.2 Å². The molecule has 0 aliphatic rings. The second-order valence-electron chi connectivity index (χ2n) is 3.01. The lowest BCUT2D eigenvalue weighted by atomic mass is 10.2. The SMILES string of the molecule is Cc1ccnn1-c1ccccc1C#N. The Morgan fingerprint density at radius 2 is 2.07 bits per heavy atom. The summed E-state index contributed by atoms with van der Waals surface area (Å²) in [6.45, 7) is 1.96. The van der Waals surface area contributed by atoms with Crippen LogP contribution >= 0.6 is 0 Å². The summed E-state index contributed by atoms with van der Waals surface area (Å²) < 4.78 is 1.76. The van der Waals surface area contributed by atoms with Crippen LogP contribution in [0.4, 0.5) is 0 Å². The van der Waals surface area contributed by atoms with Crippen molar-refractivity contribution in [1.82, 2.24) is 9.78 Å². The summed E-state index contributed by atoms with van der Waals surface area (Å²) in [6.07, 6.45) is 1.73. The molecule has 0 saturated heterocycles. The van der Waals surface area contributed by atoms with Crippen molar-refractivity contribution in [2.75, 3.05) is 0 Å². The van der Waals surface area contributed by atoms with Gasteiger partial charge in [-0.05, 0) is 25.1 Å². The van der Waals surface area contributed by atoms with E-state index in [1.165, 1.54) is 0 Å². The molecule has 0 fully saturated rings. The Hall–Kier alpha value is -2.08. The van der Waals surface area contributed by atoms with Crippen LogP contribution < -0.4 is 0 Å². The third-order valence-corrected chi connectivity index (χ3v) is 2.08. The normalized spacial score (nSPS) is 9.71. The number of hydrogen-bond donors (Lipinski definition) is 0. The quantitative estimate of drug-likeness (QED) is 0.679. The van der Waals surface area contributed by atoms with Crippen molar-refractivity contribution in [1.29, 1.82) is 5.26 Å². The van der Waals surface area contributed by atoms with Gasteiger partial charge in [0.25, 0.3) is 0 Å². The van der Waals surface area contributed by atoms with Crippen molar-refractivity contribution < 1.29 is 0 Å². The Morgan fingerprint density at radius 3 is 2.71 bits per heavy atom. The molecule has 3 heteroatoms. The molecule has 0 bridgehead atoms. The Balaban J connectivity index is 2.64. The van der Waals surface area contributed by atoms with Crippen molar-refractivity contribution in [3.63, 3.8) is 0 Å². The number of nitrogens with zero attached hydrogens (tertiary/aromatic N) is 3. The monoisotopic (exact) mass is 183 g/mol. The molecule has 0 unspecified atom stereocenters. The van der Waals surface area contributed by atoms with E-state index >= 15 is 0 Å². The summed E-state index contributed by atoms with van der Waals surface area (Å²) in [5, 5.41) is 13.1. The smallest absolute Gasteiger partial charge is 0.101 e. The molecule has 2 rings (SSSR count). The minimum Gasteiger partial charge on any atom is -0.237 e. The molecule has 1 heterocycles. The first-order valence-corrected chi connectivity index (χ1v) is 4.33. The molecule has 3 nitrogen and oxygen atoms in total. The number of benzene rings is 1. The Morgan fingerprint density at radius 1 is 1.29 bits per heavy atom. The Kier molecular flexibility index (Phi) is 2.04. The minimum absolute atomic E-state index is 0.638. The van der Waals surface area contributed by atoms with Crippen LogP contribution in [0.2, 0.25) is 0 Å². The van der Waals surface area contributed by atoms with E-state index < -0.39 is 0 Å². The van der Waals surface area contributed by atoms with Crippen molar-refractivity contribution >= 4 is 0 Å². The topological polar surface area (TPSA) is 41.6 Å². The molecule has 0 amide bonds. The zero-order chi connectivity index (χ0) is 9.97. The highest BCUT2D eigenvalue weighted by Crippen LogP contribution is 2.14. The van der Waals surface area contributed by atoms with E-state index in [4.69, 9.17) is 5.26 Å². The van der Waals surface area contributed by atoms with Crippen molar-refractivity contribution in [2.45, 2.75) is 6.92 Å². The summed E-state index contributed by atoms with van der Waals surface area (Å²) in [6, 6.07) is 11.5. The van der Waals surface area contributed by atoms with E-state index in [2.05, 4.69) is 11.2 Å².